The summed E-state index contributed by atoms with van der Waals surface area (Å²) in [6.07, 6.45) is 1.09. The minimum atomic E-state index is 0.658. The predicted octanol–water partition coefficient (Wildman–Crippen LogP) is 2.75. The van der Waals surface area contributed by atoms with Crippen molar-refractivity contribution in [1.29, 1.82) is 5.41 Å². The molecule has 5 heteroatoms. The molecule has 0 atom stereocenters. The van der Waals surface area contributed by atoms with E-state index in [4.69, 9.17) is 17.0 Å². The minimum absolute atomic E-state index is 0.658. The monoisotopic (exact) mass is 220 g/mol. The van der Waals surface area contributed by atoms with Gasteiger partial charge in [0.1, 0.15) is 5.82 Å². The van der Waals surface area contributed by atoms with Gasteiger partial charge in [-0.3, -0.25) is 10.5 Å². The van der Waals surface area contributed by atoms with Crippen molar-refractivity contribution < 1.29 is 0 Å². The molecule has 0 aliphatic heterocycles. The molecule has 76 valence electrons. The van der Waals surface area contributed by atoms with Gasteiger partial charge in [-0.15, -0.1) is 0 Å². The zero-order valence-corrected chi connectivity index (χ0v) is 8.55. The van der Waals surface area contributed by atoms with Gasteiger partial charge in [-0.1, -0.05) is 29.8 Å². The molecule has 0 aliphatic carbocycles. The molecule has 0 aliphatic rings. The molecule has 0 amide bonds. The Hall–Kier alpha value is -1.81. The summed E-state index contributed by atoms with van der Waals surface area (Å²) in [6.45, 7) is 0. The molecule has 1 aromatic carbocycles. The van der Waals surface area contributed by atoms with Gasteiger partial charge in [-0.05, 0) is 6.07 Å². The lowest BCUT2D eigenvalue weighted by atomic mass is 10.1. The van der Waals surface area contributed by atoms with Crippen molar-refractivity contribution in [3.05, 3.63) is 35.4 Å². The van der Waals surface area contributed by atoms with Gasteiger partial charge in [0.25, 0.3) is 0 Å². The molecule has 0 spiro atoms. The molecule has 0 unspecified atom stereocenters. The second kappa shape index (κ2) is 4.14. The molecule has 1 heterocycles. The van der Waals surface area contributed by atoms with Crippen LogP contribution in [0.3, 0.4) is 0 Å². The Morgan fingerprint density at radius 1 is 1.40 bits per heavy atom. The van der Waals surface area contributed by atoms with Crippen molar-refractivity contribution in [2.45, 2.75) is 0 Å². The van der Waals surface area contributed by atoms with Crippen molar-refractivity contribution in [1.82, 2.24) is 10.2 Å². The van der Waals surface area contributed by atoms with Crippen molar-refractivity contribution in [2.75, 3.05) is 5.32 Å². The number of nitrogens with one attached hydrogen (secondary N) is 3. The molecule has 0 fully saturated rings. The maximum atomic E-state index is 6.89. The van der Waals surface area contributed by atoms with E-state index in [1.807, 2.05) is 24.3 Å². The van der Waals surface area contributed by atoms with Gasteiger partial charge in [0.15, 0.2) is 0 Å². The van der Waals surface area contributed by atoms with Crippen LogP contribution in [0.5, 0.6) is 0 Å². The van der Waals surface area contributed by atoms with Crippen LogP contribution in [-0.4, -0.2) is 16.5 Å². The lowest BCUT2D eigenvalue weighted by Crippen LogP contribution is -1.91. The van der Waals surface area contributed by atoms with Gasteiger partial charge >= 0.3 is 0 Å². The molecule has 15 heavy (non-hydrogen) atoms. The summed E-state index contributed by atoms with van der Waals surface area (Å²) in [6, 6.07) is 9.28. The van der Waals surface area contributed by atoms with Crippen LogP contribution in [0.2, 0.25) is 5.02 Å². The Balaban J connectivity index is 2.37. The van der Waals surface area contributed by atoms with E-state index < -0.39 is 0 Å². The van der Waals surface area contributed by atoms with Gasteiger partial charge in [0.2, 0.25) is 0 Å². The first-order chi connectivity index (χ1) is 7.31. The third-order valence-electron chi connectivity index (χ3n) is 1.96. The predicted molar refractivity (Wildman–Crippen MR) is 61.4 cm³/mol. The van der Waals surface area contributed by atoms with Crippen LogP contribution in [0.1, 0.15) is 0 Å². The fourth-order valence-electron chi connectivity index (χ4n) is 1.28. The molecule has 3 N–H and O–H groups in total. The standard InChI is InChI=1S/C10H9ClN4/c11-8-4-2-1-3-7(8)9-5-10(13-6-12)15-14-9/h1-6H,(H3,12,13,14,15). The fraction of sp³-hybridized carbons (Fsp3) is 0. The molecule has 0 radical (unpaired) electrons. The van der Waals surface area contributed by atoms with Crippen LogP contribution >= 0.6 is 11.6 Å². The van der Waals surface area contributed by atoms with E-state index in [9.17, 15) is 0 Å². The highest BCUT2D eigenvalue weighted by Gasteiger charge is 2.06. The van der Waals surface area contributed by atoms with Crippen LogP contribution in [0, 0.1) is 5.41 Å². The lowest BCUT2D eigenvalue weighted by molar-refractivity contribution is 1.10. The summed E-state index contributed by atoms with van der Waals surface area (Å²) in [5, 5.41) is 17.1. The first-order valence-electron chi connectivity index (χ1n) is 4.37. The molecule has 2 aromatic rings. The summed E-state index contributed by atoms with van der Waals surface area (Å²) >= 11 is 6.03. The van der Waals surface area contributed by atoms with Crippen molar-refractivity contribution >= 4 is 23.8 Å². The molecule has 0 bridgehead atoms. The van der Waals surface area contributed by atoms with Crippen molar-refractivity contribution in [3.63, 3.8) is 0 Å². The SMILES string of the molecule is N=CNc1cc(-c2ccccc2Cl)n[nH]1. The summed E-state index contributed by atoms with van der Waals surface area (Å²) in [4.78, 5) is 0. The molecule has 2 rings (SSSR count). The van der Waals surface area contributed by atoms with Crippen molar-refractivity contribution in [2.24, 2.45) is 0 Å². The number of hydrogen-bond acceptors (Lipinski definition) is 2. The van der Waals surface area contributed by atoms with E-state index in [0.717, 1.165) is 17.6 Å². The topological polar surface area (TPSA) is 64.6 Å². The van der Waals surface area contributed by atoms with Crippen LogP contribution in [-0.2, 0) is 0 Å². The average Bonchev–Trinajstić information content (AvgIpc) is 2.68. The van der Waals surface area contributed by atoms with E-state index in [0.29, 0.717) is 10.8 Å². The van der Waals surface area contributed by atoms with E-state index in [2.05, 4.69) is 15.5 Å². The van der Waals surface area contributed by atoms with Gasteiger partial charge < -0.3 is 5.32 Å². The van der Waals surface area contributed by atoms with E-state index in [1.54, 1.807) is 6.07 Å². The number of benzene rings is 1. The number of nitrogens with zero attached hydrogens (tertiary/aromatic N) is 1. The second-order valence-electron chi connectivity index (χ2n) is 2.94. The number of hydrogen-bond donors (Lipinski definition) is 3. The maximum Gasteiger partial charge on any atom is 0.127 e. The first kappa shape index (κ1) is 9.73. The van der Waals surface area contributed by atoms with E-state index >= 15 is 0 Å². The smallest absolute Gasteiger partial charge is 0.127 e. The Morgan fingerprint density at radius 2 is 2.20 bits per heavy atom. The molecule has 1 aromatic heterocycles. The van der Waals surface area contributed by atoms with Crippen LogP contribution in [0.15, 0.2) is 30.3 Å². The number of aromatic amines is 1. The molecule has 0 saturated carbocycles. The summed E-state index contributed by atoms with van der Waals surface area (Å²) in [7, 11) is 0. The fourth-order valence-corrected chi connectivity index (χ4v) is 1.51. The summed E-state index contributed by atoms with van der Waals surface area (Å²) in [5.41, 5.74) is 1.62. The highest BCUT2D eigenvalue weighted by Crippen LogP contribution is 2.26. The quantitative estimate of drug-likeness (QED) is 0.550. The number of rotatable bonds is 3. The molecular weight excluding hydrogens is 212 g/mol. The molecule has 4 nitrogen and oxygen atoms in total. The van der Waals surface area contributed by atoms with Crippen LogP contribution in [0.4, 0.5) is 5.82 Å². The van der Waals surface area contributed by atoms with E-state index in [1.165, 1.54) is 0 Å². The second-order valence-corrected chi connectivity index (χ2v) is 3.34. The van der Waals surface area contributed by atoms with Gasteiger partial charge in [0, 0.05) is 11.6 Å². The molecular formula is C10H9ClN4. The first-order valence-corrected chi connectivity index (χ1v) is 4.75. The largest absolute Gasteiger partial charge is 0.332 e. The highest BCUT2D eigenvalue weighted by atomic mass is 35.5. The molecule has 0 saturated heterocycles. The number of H-pyrrole nitrogens is 1. The Bertz CT molecular complexity index is 478. The maximum absolute atomic E-state index is 6.89. The summed E-state index contributed by atoms with van der Waals surface area (Å²) in [5.74, 6) is 0.667. The Labute approximate surface area is 91.8 Å². The number of anilines is 1. The van der Waals surface area contributed by atoms with E-state index in [-0.39, 0.29) is 0 Å². The average molecular weight is 221 g/mol. The third kappa shape index (κ3) is 1.99. The number of halogens is 1. The Morgan fingerprint density at radius 3 is 2.93 bits per heavy atom. The van der Waals surface area contributed by atoms with Crippen molar-refractivity contribution in [3.8, 4) is 11.3 Å². The zero-order chi connectivity index (χ0) is 10.7. The Kier molecular flexibility index (Phi) is 2.69. The third-order valence-corrected chi connectivity index (χ3v) is 2.28. The lowest BCUT2D eigenvalue weighted by Gasteiger charge is -1.97. The summed E-state index contributed by atoms with van der Waals surface area (Å²) < 4.78 is 0. The number of aromatic nitrogens is 2. The normalized spacial score (nSPS) is 9.93. The van der Waals surface area contributed by atoms with Gasteiger partial charge in [0.05, 0.1) is 17.1 Å². The zero-order valence-electron chi connectivity index (χ0n) is 7.79. The van der Waals surface area contributed by atoms with Crippen LogP contribution in [0.25, 0.3) is 11.3 Å². The van der Waals surface area contributed by atoms with Crippen LogP contribution < -0.4 is 5.32 Å². The van der Waals surface area contributed by atoms with Gasteiger partial charge in [-0.25, -0.2) is 0 Å². The highest BCUT2D eigenvalue weighted by molar-refractivity contribution is 6.33. The minimum Gasteiger partial charge on any atom is -0.332 e. The van der Waals surface area contributed by atoms with Gasteiger partial charge in [-0.2, -0.15) is 5.10 Å².